The predicted octanol–water partition coefficient (Wildman–Crippen LogP) is 5.61. The van der Waals surface area contributed by atoms with E-state index in [0.29, 0.717) is 26.2 Å². The minimum absolute atomic E-state index is 0.123. The number of nitrogens with one attached hydrogen (secondary N) is 2. The lowest BCUT2D eigenvalue weighted by Gasteiger charge is -2.19. The highest BCUT2D eigenvalue weighted by Gasteiger charge is 2.39. The van der Waals surface area contributed by atoms with Gasteiger partial charge in [0.1, 0.15) is 9.93 Å². The minimum atomic E-state index is -0.233. The molecule has 6 nitrogen and oxygen atoms in total. The van der Waals surface area contributed by atoms with Crippen molar-refractivity contribution in [1.29, 1.82) is 0 Å². The predicted molar refractivity (Wildman–Crippen MR) is 144 cm³/mol. The molecule has 2 aliphatic rings. The molecule has 0 spiro atoms. The summed E-state index contributed by atoms with van der Waals surface area (Å²) in [6, 6.07) is 24.3. The molecule has 0 saturated carbocycles. The first-order chi connectivity index (χ1) is 16.6. The summed E-state index contributed by atoms with van der Waals surface area (Å²) in [6.45, 7) is 2.84. The maximum atomic E-state index is 13.4. The number of thioether (sulfide) groups is 2. The van der Waals surface area contributed by atoms with Crippen molar-refractivity contribution in [2.75, 3.05) is 21.8 Å². The number of amides is 2. The molecule has 0 radical (unpaired) electrons. The number of thiocarbonyl (C=S) groups is 1. The normalized spacial score (nSPS) is 17.2. The van der Waals surface area contributed by atoms with Crippen LogP contribution in [-0.2, 0) is 4.79 Å². The van der Waals surface area contributed by atoms with Crippen molar-refractivity contribution in [3.63, 3.8) is 0 Å². The first-order valence-corrected chi connectivity index (χ1v) is 12.7. The molecule has 0 atom stereocenters. The summed E-state index contributed by atoms with van der Waals surface area (Å²) < 4.78 is 0.498. The van der Waals surface area contributed by atoms with Gasteiger partial charge in [0, 0.05) is 17.0 Å². The van der Waals surface area contributed by atoms with Crippen LogP contribution in [0.4, 0.5) is 17.1 Å². The number of nitrogens with zero attached hydrogens (tertiary/aromatic N) is 2. The van der Waals surface area contributed by atoms with Gasteiger partial charge in [0.2, 0.25) is 0 Å². The molecule has 9 heteroatoms. The van der Waals surface area contributed by atoms with Crippen LogP contribution < -0.4 is 20.7 Å². The van der Waals surface area contributed by atoms with Crippen LogP contribution in [0.25, 0.3) is 0 Å². The number of anilines is 3. The van der Waals surface area contributed by atoms with Crippen molar-refractivity contribution < 1.29 is 9.59 Å². The maximum absolute atomic E-state index is 13.4. The Bertz CT molecular complexity index is 1310. The number of para-hydroxylation sites is 1. The van der Waals surface area contributed by atoms with E-state index in [0.717, 1.165) is 22.2 Å². The first kappa shape index (κ1) is 22.5. The second-order valence-electron chi connectivity index (χ2n) is 7.45. The molecule has 3 aromatic carbocycles. The van der Waals surface area contributed by atoms with Gasteiger partial charge in [-0.15, -0.1) is 0 Å². The molecule has 2 aliphatic heterocycles. The zero-order chi connectivity index (χ0) is 23.7. The highest BCUT2D eigenvalue weighted by atomic mass is 32.2. The van der Waals surface area contributed by atoms with Crippen LogP contribution in [0.1, 0.15) is 17.3 Å². The Kier molecular flexibility index (Phi) is 6.32. The van der Waals surface area contributed by atoms with E-state index >= 15 is 0 Å². The van der Waals surface area contributed by atoms with Crippen LogP contribution in [-0.4, -0.2) is 22.7 Å². The standard InChI is InChI=1S/C25H20N4O2S3/c1-2-28-19-10-6-7-11-20(19)33-24(28)21-23(31)29(25(32)34-21)18-14-12-17(13-15-18)26-27-22(30)16-8-4-3-5-9-16/h3-15,26H,2H2,1H3,(H,27,30)/b24-21+. The minimum Gasteiger partial charge on any atom is -0.334 e. The van der Waals surface area contributed by atoms with Crippen LogP contribution in [0.3, 0.4) is 0 Å². The molecule has 2 amide bonds. The Morgan fingerprint density at radius 3 is 2.38 bits per heavy atom. The van der Waals surface area contributed by atoms with Gasteiger partial charge in [0.25, 0.3) is 11.8 Å². The van der Waals surface area contributed by atoms with Crippen molar-refractivity contribution in [3.8, 4) is 0 Å². The van der Waals surface area contributed by atoms with Gasteiger partial charge in [-0.25, -0.2) is 0 Å². The third-order valence-electron chi connectivity index (χ3n) is 5.37. The lowest BCUT2D eigenvalue weighted by Crippen LogP contribution is -2.30. The fraction of sp³-hybridized carbons (Fsp3) is 0.0800. The van der Waals surface area contributed by atoms with E-state index in [1.807, 2.05) is 42.5 Å². The monoisotopic (exact) mass is 504 g/mol. The van der Waals surface area contributed by atoms with Gasteiger partial charge in [0.15, 0.2) is 4.32 Å². The van der Waals surface area contributed by atoms with Crippen LogP contribution in [0.2, 0.25) is 0 Å². The molecule has 2 N–H and O–H groups in total. The molecule has 0 aliphatic carbocycles. The summed E-state index contributed by atoms with van der Waals surface area (Å²) in [5.74, 6) is -0.356. The van der Waals surface area contributed by atoms with Gasteiger partial charge in [0.05, 0.1) is 17.1 Å². The second kappa shape index (κ2) is 9.54. The quantitative estimate of drug-likeness (QED) is 0.266. The molecule has 3 aromatic rings. The Morgan fingerprint density at radius 2 is 1.65 bits per heavy atom. The highest BCUT2D eigenvalue weighted by Crippen LogP contribution is 2.50. The summed E-state index contributed by atoms with van der Waals surface area (Å²) in [6.07, 6.45) is 0. The lowest BCUT2D eigenvalue weighted by molar-refractivity contribution is -0.113. The molecule has 34 heavy (non-hydrogen) atoms. The Morgan fingerprint density at radius 1 is 0.941 bits per heavy atom. The molecule has 1 saturated heterocycles. The summed E-state index contributed by atoms with van der Waals surface area (Å²) >= 11 is 8.52. The van der Waals surface area contributed by atoms with Crippen molar-refractivity contribution >= 4 is 68.9 Å². The summed E-state index contributed by atoms with van der Waals surface area (Å²) in [7, 11) is 0. The molecule has 1 fully saturated rings. The van der Waals surface area contributed by atoms with Gasteiger partial charge >= 0.3 is 0 Å². The topological polar surface area (TPSA) is 64.7 Å². The van der Waals surface area contributed by atoms with Crippen molar-refractivity contribution in [2.24, 2.45) is 0 Å². The van der Waals surface area contributed by atoms with E-state index in [9.17, 15) is 9.59 Å². The number of hydrogen-bond donors (Lipinski definition) is 2. The van der Waals surface area contributed by atoms with Crippen LogP contribution in [0.15, 0.2) is 93.7 Å². The largest absolute Gasteiger partial charge is 0.334 e. The van der Waals surface area contributed by atoms with E-state index in [1.54, 1.807) is 40.9 Å². The molecular formula is C25H20N4O2S3. The second-order valence-corrected chi connectivity index (χ2v) is 10.1. The number of carbonyl (C=O) groups is 2. The zero-order valence-corrected chi connectivity index (χ0v) is 20.6. The zero-order valence-electron chi connectivity index (χ0n) is 18.1. The van der Waals surface area contributed by atoms with Crippen LogP contribution in [0.5, 0.6) is 0 Å². The Hall–Kier alpha value is -3.27. The maximum Gasteiger partial charge on any atom is 0.273 e. The van der Waals surface area contributed by atoms with Crippen LogP contribution >= 0.6 is 35.7 Å². The number of hydrazine groups is 1. The van der Waals surface area contributed by atoms with Gasteiger partial charge in [-0.3, -0.25) is 25.3 Å². The lowest BCUT2D eigenvalue weighted by atomic mass is 10.2. The van der Waals surface area contributed by atoms with Gasteiger partial charge in [-0.1, -0.05) is 66.1 Å². The van der Waals surface area contributed by atoms with Gasteiger partial charge in [-0.05, 0) is 55.5 Å². The average molecular weight is 505 g/mol. The van der Waals surface area contributed by atoms with E-state index in [1.165, 1.54) is 11.8 Å². The fourth-order valence-corrected chi connectivity index (χ4v) is 6.40. The van der Waals surface area contributed by atoms with Gasteiger partial charge < -0.3 is 4.90 Å². The summed E-state index contributed by atoms with van der Waals surface area (Å²) in [5.41, 5.74) is 8.62. The number of carbonyl (C=O) groups excluding carboxylic acids is 2. The molecule has 0 bridgehead atoms. The smallest absolute Gasteiger partial charge is 0.273 e. The highest BCUT2D eigenvalue weighted by molar-refractivity contribution is 8.27. The molecule has 0 aromatic heterocycles. The SMILES string of the molecule is CCN1/C(=C2\SC(=S)N(c3ccc(NNC(=O)c4ccccc4)cc3)C2=O)Sc2ccccc21. The fourth-order valence-electron chi connectivity index (χ4n) is 3.72. The van der Waals surface area contributed by atoms with Crippen molar-refractivity contribution in [3.05, 3.63) is 94.4 Å². The molecule has 0 unspecified atom stereocenters. The molecule has 2 heterocycles. The van der Waals surface area contributed by atoms with Crippen molar-refractivity contribution in [1.82, 2.24) is 5.43 Å². The summed E-state index contributed by atoms with van der Waals surface area (Å²) in [4.78, 5) is 31.1. The molecule has 170 valence electrons. The third kappa shape index (κ3) is 4.18. The van der Waals surface area contributed by atoms with Crippen LogP contribution in [0, 0.1) is 0 Å². The van der Waals surface area contributed by atoms with E-state index < -0.39 is 0 Å². The van der Waals surface area contributed by atoms with Crippen molar-refractivity contribution in [2.45, 2.75) is 11.8 Å². The van der Waals surface area contributed by atoms with E-state index in [-0.39, 0.29) is 11.8 Å². The van der Waals surface area contributed by atoms with Gasteiger partial charge in [-0.2, -0.15) is 0 Å². The summed E-state index contributed by atoms with van der Waals surface area (Å²) in [5, 5.41) is 0.922. The Labute approximate surface area is 211 Å². The number of benzene rings is 3. The Balaban J connectivity index is 1.32. The average Bonchev–Trinajstić information content (AvgIpc) is 3.39. The molecule has 5 rings (SSSR count). The molecular weight excluding hydrogens is 485 g/mol. The number of hydrogen-bond acceptors (Lipinski definition) is 7. The van der Waals surface area contributed by atoms with E-state index in [2.05, 4.69) is 34.8 Å². The number of rotatable bonds is 5. The van der Waals surface area contributed by atoms with E-state index in [4.69, 9.17) is 12.2 Å². The first-order valence-electron chi connectivity index (χ1n) is 10.6. The number of fused-ring (bicyclic) bond motifs is 1. The third-order valence-corrected chi connectivity index (χ3v) is 8.04.